The Bertz CT molecular complexity index is 260. The fourth-order valence-electron chi connectivity index (χ4n) is 1.72. The molecule has 1 heterocycles. The summed E-state index contributed by atoms with van der Waals surface area (Å²) in [5.41, 5.74) is 0. The molecule has 6 nitrogen and oxygen atoms in total. The van der Waals surface area contributed by atoms with E-state index >= 15 is 0 Å². The van der Waals surface area contributed by atoms with Crippen LogP contribution in [0, 0.1) is 0 Å². The summed E-state index contributed by atoms with van der Waals surface area (Å²) in [5, 5.41) is 15.6. The summed E-state index contributed by atoms with van der Waals surface area (Å²) in [7, 11) is 0. The Balaban J connectivity index is 2.32. The minimum atomic E-state index is -0.608. The van der Waals surface area contributed by atoms with E-state index in [2.05, 4.69) is 17.2 Å². The quantitative estimate of drug-likeness (QED) is 0.372. The van der Waals surface area contributed by atoms with Gasteiger partial charge in [0.2, 0.25) is 5.91 Å². The van der Waals surface area contributed by atoms with E-state index in [1.807, 2.05) is 11.8 Å². The molecule has 1 aliphatic rings. The molecule has 98 valence electrons. The van der Waals surface area contributed by atoms with Crippen LogP contribution in [0.2, 0.25) is 0 Å². The van der Waals surface area contributed by atoms with E-state index < -0.39 is 6.10 Å². The van der Waals surface area contributed by atoms with Gasteiger partial charge in [-0.2, -0.15) is 0 Å². The molecule has 1 aliphatic heterocycles. The van der Waals surface area contributed by atoms with E-state index in [9.17, 15) is 9.90 Å². The Morgan fingerprint density at radius 3 is 3.24 bits per heavy atom. The summed E-state index contributed by atoms with van der Waals surface area (Å²) in [6.45, 7) is 7.61. The van der Waals surface area contributed by atoms with Crippen molar-refractivity contribution in [3.63, 3.8) is 0 Å². The minimum Gasteiger partial charge on any atom is -0.389 e. The van der Waals surface area contributed by atoms with E-state index in [-0.39, 0.29) is 18.8 Å². The fraction of sp³-hybridized carbons (Fsp3) is 0.727. The van der Waals surface area contributed by atoms with Crippen molar-refractivity contribution in [2.75, 3.05) is 32.8 Å². The Labute approximate surface area is 102 Å². The third kappa shape index (κ3) is 4.82. The highest BCUT2D eigenvalue weighted by atomic mass is 16.5. The molecule has 1 amide bonds. The third-order valence-electron chi connectivity index (χ3n) is 2.40. The van der Waals surface area contributed by atoms with E-state index in [0.717, 1.165) is 6.54 Å². The first kappa shape index (κ1) is 14.1. The predicted molar refractivity (Wildman–Crippen MR) is 64.2 cm³/mol. The number of aliphatic hydroxyl groups excluding tert-OH is 1. The second-order valence-electron chi connectivity index (χ2n) is 3.94. The zero-order valence-electron chi connectivity index (χ0n) is 10.2. The lowest BCUT2D eigenvalue weighted by molar-refractivity contribution is -0.118. The fourth-order valence-corrected chi connectivity index (χ4v) is 1.72. The molecule has 1 saturated heterocycles. The van der Waals surface area contributed by atoms with Crippen molar-refractivity contribution in [3.8, 4) is 0 Å². The molecule has 0 bridgehead atoms. The van der Waals surface area contributed by atoms with Crippen LogP contribution in [0.3, 0.4) is 0 Å². The van der Waals surface area contributed by atoms with Crippen LogP contribution in [0.15, 0.2) is 12.7 Å². The number of nitrogens with zero attached hydrogens (tertiary/aromatic N) is 1. The first-order chi connectivity index (χ1) is 8.17. The van der Waals surface area contributed by atoms with Crippen molar-refractivity contribution >= 4 is 5.91 Å². The number of hydrogen-bond donors (Lipinski definition) is 3. The van der Waals surface area contributed by atoms with Crippen molar-refractivity contribution in [2.45, 2.75) is 19.3 Å². The van der Waals surface area contributed by atoms with Crippen molar-refractivity contribution < 1.29 is 14.6 Å². The number of β-amino-alcohol motifs (C(OH)–C–C–N with tert-alkyl or cyclic N) is 1. The van der Waals surface area contributed by atoms with Gasteiger partial charge in [0.1, 0.15) is 6.29 Å². The van der Waals surface area contributed by atoms with Crippen LogP contribution < -0.4 is 10.6 Å². The van der Waals surface area contributed by atoms with Crippen LogP contribution in [0.1, 0.15) is 6.92 Å². The Hall–Kier alpha value is -0.950. The Morgan fingerprint density at radius 1 is 1.82 bits per heavy atom. The first-order valence-corrected chi connectivity index (χ1v) is 5.80. The van der Waals surface area contributed by atoms with Gasteiger partial charge in [-0.15, -0.1) is 6.58 Å². The monoisotopic (exact) mass is 243 g/mol. The maximum absolute atomic E-state index is 11.3. The molecule has 1 rings (SSSR count). The number of carbonyl (C=O) groups excluding carboxylic acids is 1. The second-order valence-corrected chi connectivity index (χ2v) is 3.94. The van der Waals surface area contributed by atoms with Gasteiger partial charge >= 0.3 is 0 Å². The number of aliphatic hydroxyl groups is 1. The molecular weight excluding hydrogens is 222 g/mol. The van der Waals surface area contributed by atoms with Crippen LogP contribution >= 0.6 is 0 Å². The highest BCUT2D eigenvalue weighted by molar-refractivity contribution is 5.80. The standard InChI is InChI=1S/C11H21N3O3/c1-3-5-17-8-9(15)6-14-7-10(16)13-11(14)12-4-2/h3,9,11-12,15H,1,4-8H2,2H3,(H,13,16). The van der Waals surface area contributed by atoms with E-state index in [0.29, 0.717) is 19.7 Å². The maximum atomic E-state index is 11.3. The van der Waals surface area contributed by atoms with E-state index in [1.54, 1.807) is 6.08 Å². The molecule has 1 fully saturated rings. The van der Waals surface area contributed by atoms with Crippen LogP contribution in [0.25, 0.3) is 0 Å². The number of carbonyl (C=O) groups is 1. The lowest BCUT2D eigenvalue weighted by atomic mass is 10.3. The zero-order chi connectivity index (χ0) is 12.7. The highest BCUT2D eigenvalue weighted by Crippen LogP contribution is 2.03. The van der Waals surface area contributed by atoms with E-state index in [1.165, 1.54) is 0 Å². The molecule has 17 heavy (non-hydrogen) atoms. The van der Waals surface area contributed by atoms with Crippen LogP contribution in [-0.4, -0.2) is 61.2 Å². The number of rotatable bonds is 8. The summed E-state index contributed by atoms with van der Waals surface area (Å²) in [5.74, 6) is -0.0323. The molecule has 0 saturated carbocycles. The average molecular weight is 243 g/mol. The number of hydrogen-bond acceptors (Lipinski definition) is 5. The smallest absolute Gasteiger partial charge is 0.236 e. The van der Waals surface area contributed by atoms with Crippen LogP contribution in [0.4, 0.5) is 0 Å². The summed E-state index contributed by atoms with van der Waals surface area (Å²) in [6, 6.07) is 0. The number of nitrogens with one attached hydrogen (secondary N) is 2. The highest BCUT2D eigenvalue weighted by Gasteiger charge is 2.30. The summed E-state index contributed by atoms with van der Waals surface area (Å²) in [6.07, 6.45) is 0.833. The topological polar surface area (TPSA) is 73.8 Å². The largest absolute Gasteiger partial charge is 0.389 e. The lowest BCUT2D eigenvalue weighted by Gasteiger charge is -2.25. The SMILES string of the molecule is C=CCOCC(O)CN1CC(=O)NC1NCC. The number of amides is 1. The van der Waals surface area contributed by atoms with Gasteiger partial charge in [0.05, 0.1) is 25.9 Å². The van der Waals surface area contributed by atoms with Gasteiger partial charge in [-0.05, 0) is 6.54 Å². The zero-order valence-corrected chi connectivity index (χ0v) is 10.2. The van der Waals surface area contributed by atoms with Crippen molar-refractivity contribution in [2.24, 2.45) is 0 Å². The molecule has 0 radical (unpaired) electrons. The average Bonchev–Trinajstić information content (AvgIpc) is 2.60. The molecule has 0 aliphatic carbocycles. The maximum Gasteiger partial charge on any atom is 0.236 e. The molecule has 2 atom stereocenters. The van der Waals surface area contributed by atoms with Gasteiger partial charge in [0, 0.05) is 6.54 Å². The molecule has 2 unspecified atom stereocenters. The lowest BCUT2D eigenvalue weighted by Crippen LogP contribution is -2.50. The van der Waals surface area contributed by atoms with Gasteiger partial charge in [0.15, 0.2) is 0 Å². The van der Waals surface area contributed by atoms with Gasteiger partial charge in [-0.1, -0.05) is 13.0 Å². The molecule has 3 N–H and O–H groups in total. The minimum absolute atomic E-state index is 0.0323. The first-order valence-electron chi connectivity index (χ1n) is 5.80. The summed E-state index contributed by atoms with van der Waals surface area (Å²) < 4.78 is 5.16. The Morgan fingerprint density at radius 2 is 2.59 bits per heavy atom. The number of ether oxygens (including phenoxy) is 1. The second kappa shape index (κ2) is 7.39. The van der Waals surface area contributed by atoms with Gasteiger partial charge < -0.3 is 15.2 Å². The Kier molecular flexibility index (Phi) is 6.13. The normalized spacial score (nSPS) is 22.5. The van der Waals surface area contributed by atoms with E-state index in [4.69, 9.17) is 4.74 Å². The third-order valence-corrected chi connectivity index (χ3v) is 2.40. The molecule has 0 aromatic rings. The molecule has 0 aromatic heterocycles. The summed E-state index contributed by atoms with van der Waals surface area (Å²) >= 11 is 0. The van der Waals surface area contributed by atoms with Crippen molar-refractivity contribution in [3.05, 3.63) is 12.7 Å². The van der Waals surface area contributed by atoms with Crippen LogP contribution in [-0.2, 0) is 9.53 Å². The van der Waals surface area contributed by atoms with Crippen LogP contribution in [0.5, 0.6) is 0 Å². The molecule has 0 aromatic carbocycles. The van der Waals surface area contributed by atoms with Gasteiger partial charge in [-0.3, -0.25) is 15.0 Å². The molecule has 0 spiro atoms. The van der Waals surface area contributed by atoms with Crippen molar-refractivity contribution in [1.29, 1.82) is 0 Å². The van der Waals surface area contributed by atoms with Gasteiger partial charge in [-0.25, -0.2) is 0 Å². The van der Waals surface area contributed by atoms with Crippen molar-refractivity contribution in [1.82, 2.24) is 15.5 Å². The molecule has 6 heteroatoms. The van der Waals surface area contributed by atoms with Gasteiger partial charge in [0.25, 0.3) is 0 Å². The predicted octanol–water partition coefficient (Wildman–Crippen LogP) is -1.13. The summed E-state index contributed by atoms with van der Waals surface area (Å²) in [4.78, 5) is 13.1. The molecular formula is C11H21N3O3.